The molecule has 0 aliphatic carbocycles. The van der Waals surface area contributed by atoms with Gasteiger partial charge < -0.3 is 35.0 Å². The Morgan fingerprint density at radius 1 is 0.901 bits per heavy atom. The number of rotatable bonds is 16. The van der Waals surface area contributed by atoms with Crippen molar-refractivity contribution < 1.29 is 66.2 Å². The van der Waals surface area contributed by atoms with E-state index in [2.05, 4.69) is 27.8 Å². The number of hydrogen-bond acceptors (Lipinski definition) is 11. The van der Waals surface area contributed by atoms with Gasteiger partial charge in [-0.2, -0.15) is 8.78 Å². The second-order valence-corrected chi connectivity index (χ2v) is 24.5. The monoisotopic (exact) mass is 1150 g/mol. The topological polar surface area (TPSA) is 249 Å². The maximum atomic E-state index is 15.2. The molecule has 81 heavy (non-hydrogen) atoms. The highest BCUT2D eigenvalue weighted by Gasteiger charge is 2.51. The summed E-state index contributed by atoms with van der Waals surface area (Å²) in [6.07, 6.45) is 4.38. The largest absolute Gasteiger partial charge is 0.484 e. The second-order valence-electron chi connectivity index (χ2n) is 21.8. The van der Waals surface area contributed by atoms with Crippen LogP contribution >= 0.6 is 18.9 Å². The summed E-state index contributed by atoms with van der Waals surface area (Å²) in [5, 5.41) is 8.06. The van der Waals surface area contributed by atoms with Gasteiger partial charge in [0.25, 0.3) is 23.6 Å². The number of carbonyl (C=O) groups excluding carboxylic acids is 8. The van der Waals surface area contributed by atoms with Crippen LogP contribution in [0.2, 0.25) is 0 Å². The lowest BCUT2D eigenvalue weighted by molar-refractivity contribution is -0.150. The average molecular weight is 1150 g/mol. The first-order valence-corrected chi connectivity index (χ1v) is 29.2. The highest BCUT2D eigenvalue weighted by molar-refractivity contribution is 7.52. The Bertz CT molecular complexity index is 3460. The summed E-state index contributed by atoms with van der Waals surface area (Å²) in [7, 11) is -5.86. The number of unbranched alkanes of at least 4 members (excludes halogenated alkanes) is 3. The molecule has 9 rings (SSSR count). The Morgan fingerprint density at radius 3 is 2.42 bits per heavy atom. The van der Waals surface area contributed by atoms with Gasteiger partial charge in [-0.25, -0.2) is 0 Å². The van der Waals surface area contributed by atoms with E-state index in [-0.39, 0.29) is 71.5 Å². The highest BCUT2D eigenvalue weighted by Crippen LogP contribution is 2.59. The molecule has 1 aromatic heterocycles. The van der Waals surface area contributed by atoms with Crippen LogP contribution in [0.25, 0.3) is 10.1 Å². The molecule has 22 heteroatoms. The molecule has 0 radical (unpaired) electrons. The Labute approximate surface area is 470 Å². The maximum absolute atomic E-state index is 15.2. The summed E-state index contributed by atoms with van der Waals surface area (Å²) in [6.45, 7) is 6.27. The molecule has 8 amide bonds. The van der Waals surface area contributed by atoms with Crippen molar-refractivity contribution in [1.29, 1.82) is 0 Å². The van der Waals surface area contributed by atoms with Gasteiger partial charge in [-0.15, -0.1) is 11.3 Å². The Hall–Kier alpha value is -7.63. The molecular formula is C59H61F2N6O12PS. The number of imide groups is 2. The zero-order valence-electron chi connectivity index (χ0n) is 44.8. The van der Waals surface area contributed by atoms with Gasteiger partial charge in [-0.3, -0.25) is 53.1 Å². The van der Waals surface area contributed by atoms with Crippen molar-refractivity contribution in [1.82, 2.24) is 30.7 Å². The smallest absolute Gasteiger partial charge is 0.399 e. The van der Waals surface area contributed by atoms with E-state index < -0.39 is 77.8 Å². The fourth-order valence-electron chi connectivity index (χ4n) is 10.7. The summed E-state index contributed by atoms with van der Waals surface area (Å²) in [5.74, 6) is 2.29. The van der Waals surface area contributed by atoms with Gasteiger partial charge in [0.1, 0.15) is 23.9 Å². The van der Waals surface area contributed by atoms with Gasteiger partial charge in [0, 0.05) is 67.2 Å². The molecule has 4 atom stereocenters. The molecule has 4 aliphatic heterocycles. The molecule has 5 heterocycles. The second kappa shape index (κ2) is 23.8. The number of alkyl halides is 2. The van der Waals surface area contributed by atoms with Crippen molar-refractivity contribution >= 4 is 76.3 Å². The van der Waals surface area contributed by atoms with E-state index >= 15 is 4.79 Å². The first kappa shape index (κ1) is 58.0. The Morgan fingerprint density at radius 2 is 1.68 bits per heavy atom. The standard InChI is InChI=1S/C59H61F2N6O12PS/c1-58(2,3)51(64-53(71)47-31-39-28-41(21-24-46(39)81-47)59(60,61)80(76,77)78)57(75)66-33-40-29-42(22-20-37(40)30-45(66)55(73)65-27-13-18-38(32-65)35-14-9-7-10-15-35)79-34-49(69)62-26-11-6-4-5-8-16-36-17-12-19-43-50(36)56(74)67(54(43)72)44-23-25-48(68)63-52(44)70/h7,9-10,12,14-15,17,19-22,24,28-29,31,38,44-45,51H,4-6,11,13,18,23,25-27,30,32-34H2,1-3H3,(H,62,69)(H,64,71)(H,63,68,70)(H2,76,77,78)/t38-,44?,45-,51?/m0/s1. The van der Waals surface area contributed by atoms with Crippen LogP contribution in [-0.2, 0) is 47.2 Å². The lowest BCUT2D eigenvalue weighted by Gasteiger charge is -2.43. The maximum Gasteiger partial charge on any atom is 0.399 e. The number of ether oxygens (including phenoxy) is 1. The highest BCUT2D eigenvalue weighted by atomic mass is 32.1. The van der Waals surface area contributed by atoms with Gasteiger partial charge in [-0.05, 0) is 102 Å². The van der Waals surface area contributed by atoms with E-state index in [1.807, 2.05) is 36.4 Å². The normalized spacial score (nSPS) is 18.8. The molecule has 0 bridgehead atoms. The van der Waals surface area contributed by atoms with Crippen molar-refractivity contribution in [3.05, 3.63) is 135 Å². The zero-order chi connectivity index (χ0) is 58.0. The van der Waals surface area contributed by atoms with E-state index in [1.165, 1.54) is 23.1 Å². The van der Waals surface area contributed by atoms with E-state index in [0.29, 0.717) is 60.5 Å². The summed E-state index contributed by atoms with van der Waals surface area (Å²) in [6, 6.07) is 21.1. The van der Waals surface area contributed by atoms with Crippen LogP contribution in [0.4, 0.5) is 8.78 Å². The molecule has 4 aliphatic rings. The number of likely N-dealkylation sites (tertiary alicyclic amines) is 1. The zero-order valence-corrected chi connectivity index (χ0v) is 46.5. The predicted molar refractivity (Wildman–Crippen MR) is 295 cm³/mol. The summed E-state index contributed by atoms with van der Waals surface area (Å²) < 4.78 is 47.3. The molecule has 5 aromatic rings. The van der Waals surface area contributed by atoms with E-state index in [1.54, 1.807) is 49.9 Å². The van der Waals surface area contributed by atoms with Crippen LogP contribution in [0.15, 0.2) is 91.0 Å². The average Bonchev–Trinajstić information content (AvgIpc) is 4.13. The number of fused-ring (bicyclic) bond motifs is 3. The lowest BCUT2D eigenvalue weighted by atomic mass is 9.83. The van der Waals surface area contributed by atoms with Gasteiger partial charge in [0.15, 0.2) is 6.61 Å². The molecule has 0 spiro atoms. The van der Waals surface area contributed by atoms with Crippen molar-refractivity contribution in [2.24, 2.45) is 5.41 Å². The number of amides is 8. The molecule has 5 N–H and O–H groups in total. The summed E-state index contributed by atoms with van der Waals surface area (Å²) in [4.78, 5) is 131. The third-order valence-electron chi connectivity index (χ3n) is 15.1. The molecule has 2 fully saturated rings. The number of benzene rings is 4. The number of nitrogens with zero attached hydrogens (tertiary/aromatic N) is 3. The van der Waals surface area contributed by atoms with Crippen LogP contribution < -0.4 is 20.7 Å². The number of thiophene rings is 1. The fourth-order valence-corrected chi connectivity index (χ4v) is 12.2. The molecule has 2 saturated heterocycles. The summed E-state index contributed by atoms with van der Waals surface area (Å²) in [5.41, 5.74) is -3.06. The number of halogens is 2. The number of carbonyl (C=O) groups is 8. The number of nitrogens with one attached hydrogen (secondary N) is 3. The van der Waals surface area contributed by atoms with Gasteiger partial charge in [0.05, 0.1) is 16.0 Å². The lowest BCUT2D eigenvalue weighted by Crippen LogP contribution is -2.61. The van der Waals surface area contributed by atoms with Gasteiger partial charge in [-0.1, -0.05) is 87.6 Å². The fraction of sp³-hybridized carbons (Fsp3) is 0.390. The van der Waals surface area contributed by atoms with Crippen molar-refractivity contribution in [2.45, 2.75) is 115 Å². The number of piperidine rings is 2. The Balaban J connectivity index is 0.829. The van der Waals surface area contributed by atoms with Crippen LogP contribution in [0.5, 0.6) is 5.75 Å². The van der Waals surface area contributed by atoms with Crippen LogP contribution in [0, 0.1) is 17.3 Å². The summed E-state index contributed by atoms with van der Waals surface area (Å²) >= 11 is 0.954. The minimum atomic E-state index is -5.86. The molecule has 0 saturated carbocycles. The van der Waals surface area contributed by atoms with Crippen LogP contribution in [-0.4, -0.2) is 116 Å². The van der Waals surface area contributed by atoms with Crippen LogP contribution in [0.3, 0.4) is 0 Å². The first-order valence-electron chi connectivity index (χ1n) is 26.8. The first-order chi connectivity index (χ1) is 38.5. The molecule has 424 valence electrons. The third-order valence-corrected chi connectivity index (χ3v) is 17.2. The number of hydrogen-bond donors (Lipinski definition) is 5. The molecule has 18 nitrogen and oxygen atoms in total. The van der Waals surface area contributed by atoms with Crippen molar-refractivity contribution in [2.75, 3.05) is 26.2 Å². The minimum absolute atomic E-state index is 0.0153. The van der Waals surface area contributed by atoms with E-state index in [9.17, 15) is 56.7 Å². The molecule has 2 unspecified atom stereocenters. The third kappa shape index (κ3) is 12.6. The van der Waals surface area contributed by atoms with Crippen molar-refractivity contribution in [3.63, 3.8) is 0 Å². The minimum Gasteiger partial charge on any atom is -0.484 e. The van der Waals surface area contributed by atoms with E-state index in [0.717, 1.165) is 58.8 Å². The van der Waals surface area contributed by atoms with Crippen LogP contribution in [0.1, 0.15) is 136 Å². The van der Waals surface area contributed by atoms with Gasteiger partial charge in [0.2, 0.25) is 23.6 Å². The quantitative estimate of drug-likeness (QED) is 0.0286. The van der Waals surface area contributed by atoms with E-state index in [4.69, 9.17) is 4.74 Å². The predicted octanol–water partition coefficient (Wildman–Crippen LogP) is 7.14. The van der Waals surface area contributed by atoms with Gasteiger partial charge >= 0.3 is 13.3 Å². The SMILES string of the molecule is CC(C)(C)C(NC(=O)c1cc2cc(C(F)(F)P(=O)(O)O)ccc2s1)C(=O)N1Cc2cc(OCC(=O)NCCCCCC#Cc3cccc4c3C(=O)N(C3CCC(=O)NC3=O)C4=O)ccc2C[C@H]1C(=O)N1CCC[C@H](c2ccccc2)C1. The van der Waals surface area contributed by atoms with Crippen molar-refractivity contribution in [3.8, 4) is 17.6 Å². The molecule has 4 aromatic carbocycles. The Kier molecular flexibility index (Phi) is 17.1. The molecular weight excluding hydrogens is 1090 g/mol.